The highest BCUT2D eigenvalue weighted by Gasteiger charge is 2.38. The van der Waals surface area contributed by atoms with Gasteiger partial charge in [0.2, 0.25) is 0 Å². The fourth-order valence-corrected chi connectivity index (χ4v) is 5.75. The summed E-state index contributed by atoms with van der Waals surface area (Å²) >= 11 is 6.12. The van der Waals surface area contributed by atoms with Gasteiger partial charge in [-0.2, -0.15) is 0 Å². The molecule has 4 heteroatoms. The van der Waals surface area contributed by atoms with E-state index in [1.807, 2.05) is 29.2 Å². The van der Waals surface area contributed by atoms with E-state index in [-0.39, 0.29) is 11.9 Å². The smallest absolute Gasteiger partial charge is 0.258 e. The summed E-state index contributed by atoms with van der Waals surface area (Å²) in [5.41, 5.74) is 6.69. The third kappa shape index (κ3) is 3.23. The van der Waals surface area contributed by atoms with Crippen LogP contribution in [0.4, 0.5) is 11.4 Å². The molecular formula is C28H25ClN2O. The number of fused-ring (bicyclic) bond motifs is 4. The summed E-state index contributed by atoms with van der Waals surface area (Å²) in [7, 11) is 0. The van der Waals surface area contributed by atoms with Crippen LogP contribution in [0.1, 0.15) is 51.8 Å². The second kappa shape index (κ2) is 7.83. The van der Waals surface area contributed by atoms with E-state index in [1.165, 1.54) is 16.7 Å². The second-order valence-electron chi connectivity index (χ2n) is 9.02. The summed E-state index contributed by atoms with van der Waals surface area (Å²) < 4.78 is 0. The number of carbonyl (C=O) groups is 1. The number of anilines is 2. The molecule has 1 amide bonds. The fraction of sp³-hybridized carbons (Fsp3) is 0.250. The number of nitrogens with zero attached hydrogens (tertiary/aromatic N) is 1. The van der Waals surface area contributed by atoms with Gasteiger partial charge in [0.15, 0.2) is 0 Å². The first-order valence-corrected chi connectivity index (χ1v) is 11.8. The summed E-state index contributed by atoms with van der Waals surface area (Å²) in [6, 6.07) is 22.9. The highest BCUT2D eigenvalue weighted by molar-refractivity contribution is 6.30. The number of amides is 1. The maximum Gasteiger partial charge on any atom is 0.258 e. The van der Waals surface area contributed by atoms with Crippen molar-refractivity contribution in [2.75, 3.05) is 16.8 Å². The lowest BCUT2D eigenvalue weighted by Gasteiger charge is -2.38. The van der Waals surface area contributed by atoms with Crippen LogP contribution in [-0.4, -0.2) is 12.5 Å². The number of benzene rings is 3. The Hall–Kier alpha value is -3.04. The molecule has 0 unspecified atom stereocenters. The fourth-order valence-electron chi connectivity index (χ4n) is 5.63. The summed E-state index contributed by atoms with van der Waals surface area (Å²) in [6.07, 6.45) is 7.67. The molecule has 0 fully saturated rings. The van der Waals surface area contributed by atoms with Gasteiger partial charge in [-0.15, -0.1) is 0 Å². The second-order valence-corrected chi connectivity index (χ2v) is 9.45. The number of carbonyl (C=O) groups excluding carboxylic acids is 1. The molecule has 2 aliphatic heterocycles. The Kier molecular flexibility index (Phi) is 4.80. The van der Waals surface area contributed by atoms with Gasteiger partial charge in [-0.25, -0.2) is 0 Å². The van der Waals surface area contributed by atoms with Crippen LogP contribution in [0.25, 0.3) is 0 Å². The monoisotopic (exact) mass is 440 g/mol. The maximum atomic E-state index is 13.5. The quantitative estimate of drug-likeness (QED) is 0.446. The molecule has 0 saturated carbocycles. The molecule has 3 nitrogen and oxygen atoms in total. The van der Waals surface area contributed by atoms with Gasteiger partial charge in [-0.1, -0.05) is 54.1 Å². The van der Waals surface area contributed by atoms with Crippen molar-refractivity contribution < 1.29 is 4.79 Å². The van der Waals surface area contributed by atoms with E-state index in [9.17, 15) is 4.79 Å². The average molecular weight is 441 g/mol. The van der Waals surface area contributed by atoms with Gasteiger partial charge in [-0.3, -0.25) is 4.79 Å². The topological polar surface area (TPSA) is 32.3 Å². The predicted molar refractivity (Wildman–Crippen MR) is 131 cm³/mol. The van der Waals surface area contributed by atoms with E-state index < -0.39 is 0 Å². The molecule has 1 aliphatic carbocycles. The maximum absolute atomic E-state index is 13.5. The van der Waals surface area contributed by atoms with E-state index in [1.54, 1.807) is 0 Å². The summed E-state index contributed by atoms with van der Waals surface area (Å²) in [5, 5.41) is 4.52. The third-order valence-electron chi connectivity index (χ3n) is 7.19. The van der Waals surface area contributed by atoms with Crippen LogP contribution < -0.4 is 10.2 Å². The molecule has 0 spiro atoms. The minimum atomic E-state index is 0.0956. The zero-order valence-electron chi connectivity index (χ0n) is 17.8. The lowest BCUT2D eigenvalue weighted by atomic mass is 9.76. The first kappa shape index (κ1) is 19.6. The predicted octanol–water partition coefficient (Wildman–Crippen LogP) is 6.76. The molecule has 6 rings (SSSR count). The number of aryl methyl sites for hydroxylation is 1. The van der Waals surface area contributed by atoms with Crippen molar-refractivity contribution in [2.24, 2.45) is 5.92 Å². The van der Waals surface area contributed by atoms with Crippen LogP contribution in [0.15, 0.2) is 78.9 Å². The Morgan fingerprint density at radius 2 is 1.88 bits per heavy atom. The zero-order chi connectivity index (χ0) is 21.7. The van der Waals surface area contributed by atoms with Crippen molar-refractivity contribution in [3.05, 3.63) is 106 Å². The summed E-state index contributed by atoms with van der Waals surface area (Å²) in [4.78, 5) is 15.5. The molecule has 0 bridgehead atoms. The van der Waals surface area contributed by atoms with Gasteiger partial charge in [-0.05, 0) is 78.3 Å². The SMILES string of the molecule is O=C(c1ccc2c(c1)[C@H]1C=CC[C@H]1[C@H](c1ccc(Cl)cc1)N2)N1CCCc2ccccc21. The molecule has 3 aromatic rings. The number of hydrogen-bond acceptors (Lipinski definition) is 2. The zero-order valence-corrected chi connectivity index (χ0v) is 18.6. The highest BCUT2D eigenvalue weighted by Crippen LogP contribution is 2.50. The number of para-hydroxylation sites is 1. The highest BCUT2D eigenvalue weighted by atomic mass is 35.5. The molecule has 32 heavy (non-hydrogen) atoms. The van der Waals surface area contributed by atoms with Crippen LogP contribution >= 0.6 is 11.6 Å². The molecule has 0 aromatic heterocycles. The lowest BCUT2D eigenvalue weighted by Crippen LogP contribution is -2.36. The molecule has 1 N–H and O–H groups in total. The molecule has 2 heterocycles. The van der Waals surface area contributed by atoms with Gasteiger partial charge in [0.25, 0.3) is 5.91 Å². The minimum Gasteiger partial charge on any atom is -0.378 e. The van der Waals surface area contributed by atoms with Crippen molar-refractivity contribution in [1.29, 1.82) is 0 Å². The van der Waals surface area contributed by atoms with Crippen molar-refractivity contribution >= 4 is 28.9 Å². The Balaban J connectivity index is 1.34. The van der Waals surface area contributed by atoms with Crippen LogP contribution in [0, 0.1) is 5.92 Å². The van der Waals surface area contributed by atoms with Crippen LogP contribution in [0.2, 0.25) is 5.02 Å². The Bertz CT molecular complexity index is 1220. The van der Waals surface area contributed by atoms with Gasteiger partial charge < -0.3 is 10.2 Å². The van der Waals surface area contributed by atoms with Crippen molar-refractivity contribution in [2.45, 2.75) is 31.2 Å². The molecule has 3 atom stereocenters. The number of allylic oxidation sites excluding steroid dienone is 2. The molecule has 160 valence electrons. The van der Waals surface area contributed by atoms with Crippen molar-refractivity contribution in [3.8, 4) is 0 Å². The first-order valence-electron chi connectivity index (χ1n) is 11.4. The number of nitrogens with one attached hydrogen (secondary N) is 1. The summed E-state index contributed by atoms with van der Waals surface area (Å²) in [5.74, 6) is 0.844. The number of halogens is 1. The lowest BCUT2D eigenvalue weighted by molar-refractivity contribution is 0.0985. The third-order valence-corrected chi connectivity index (χ3v) is 7.45. The average Bonchev–Trinajstić information content (AvgIpc) is 3.33. The van der Waals surface area contributed by atoms with Crippen molar-refractivity contribution in [3.63, 3.8) is 0 Å². The number of rotatable bonds is 2. The van der Waals surface area contributed by atoms with Crippen LogP contribution in [0.3, 0.4) is 0 Å². The molecule has 0 radical (unpaired) electrons. The van der Waals surface area contributed by atoms with Crippen molar-refractivity contribution in [1.82, 2.24) is 0 Å². The van der Waals surface area contributed by atoms with Gasteiger partial charge in [0, 0.05) is 34.4 Å². The van der Waals surface area contributed by atoms with Crippen LogP contribution in [0.5, 0.6) is 0 Å². The molecule has 0 saturated heterocycles. The largest absolute Gasteiger partial charge is 0.378 e. The standard InChI is InChI=1S/C28H25ClN2O/c29-21-13-10-19(11-14-21)27-23-8-3-7-22(23)24-17-20(12-15-25(24)30-27)28(32)31-16-4-6-18-5-1-2-9-26(18)31/h1-3,5,7,9-15,17,22-23,27,30H,4,6,8,16H2/t22-,23+,27-/m0/s1. The van der Waals surface area contributed by atoms with E-state index in [4.69, 9.17) is 11.6 Å². The van der Waals surface area contributed by atoms with E-state index in [0.29, 0.717) is 11.8 Å². The van der Waals surface area contributed by atoms with E-state index >= 15 is 0 Å². The normalized spacial score (nSPS) is 23.2. The Morgan fingerprint density at radius 3 is 2.75 bits per heavy atom. The number of hydrogen-bond donors (Lipinski definition) is 1. The van der Waals surface area contributed by atoms with Crippen LogP contribution in [-0.2, 0) is 6.42 Å². The molecule has 3 aliphatic rings. The van der Waals surface area contributed by atoms with E-state index in [2.05, 4.69) is 59.9 Å². The first-order chi connectivity index (χ1) is 15.7. The molecule has 3 aromatic carbocycles. The Morgan fingerprint density at radius 1 is 1.03 bits per heavy atom. The van der Waals surface area contributed by atoms with Gasteiger partial charge >= 0.3 is 0 Å². The minimum absolute atomic E-state index is 0.0956. The summed E-state index contributed by atoms with van der Waals surface area (Å²) in [6.45, 7) is 0.774. The Labute approximate surface area is 193 Å². The van der Waals surface area contributed by atoms with E-state index in [0.717, 1.165) is 47.8 Å². The molecular weight excluding hydrogens is 416 g/mol. The van der Waals surface area contributed by atoms with Gasteiger partial charge in [0.05, 0.1) is 6.04 Å². The van der Waals surface area contributed by atoms with Gasteiger partial charge in [0.1, 0.15) is 0 Å².